The van der Waals surface area contributed by atoms with Crippen LogP contribution in [0.2, 0.25) is 0 Å². The molecule has 2 aromatic carbocycles. The van der Waals surface area contributed by atoms with Crippen molar-refractivity contribution in [1.29, 1.82) is 0 Å². The molecule has 5 N–H and O–H groups in total. The minimum atomic E-state index is -1.08. The number of amides is 4. The molecule has 4 amide bonds. The number of esters is 1. The number of ether oxygens (including phenoxy) is 2. The lowest BCUT2D eigenvalue weighted by atomic mass is 10.2. The molecule has 2 heterocycles. The number of methoxy groups -OCH3 is 2. The van der Waals surface area contributed by atoms with Gasteiger partial charge in [0.05, 0.1) is 12.7 Å². The number of aromatic nitrogens is 4. The van der Waals surface area contributed by atoms with Crippen LogP contribution in [0.15, 0.2) is 48.5 Å². The fraction of sp³-hybridized carbons (Fsp3) is 0.269. The second kappa shape index (κ2) is 15.9. The van der Waals surface area contributed by atoms with Crippen molar-refractivity contribution in [2.75, 3.05) is 47.0 Å². The van der Waals surface area contributed by atoms with E-state index in [1.165, 1.54) is 43.0 Å². The number of benzene rings is 2. The van der Waals surface area contributed by atoms with E-state index in [1.54, 1.807) is 54.2 Å². The Morgan fingerprint density at radius 1 is 0.814 bits per heavy atom. The average molecular weight is 645 g/mol. The molecule has 226 valence electrons. The SMILES string of the molecule is COC(=O)c1cccc(NC(=O)Nc2nnc(CCSCCc3nnc(NC(=O)Nc4cccc(C(O)OC)c4)s3)s2)c1. The Labute approximate surface area is 258 Å². The summed E-state index contributed by atoms with van der Waals surface area (Å²) in [6.45, 7) is 0. The standard InChI is InChI=1S/C26H28N8O6S3/c1-39-21(35)15-5-3-7-17(13-15)27-23(37)29-25-33-31-19(42-25)9-11-41-12-10-20-32-34-26(43-20)30-24(38)28-18-8-4-6-16(14-18)22(36)40-2/h3-8,13-14,21,35H,9-12H2,1-2H3,(H2,27,29,33,37)(H2,28,30,34,38). The molecule has 1 unspecified atom stereocenters. The maximum absolute atomic E-state index is 12.3. The predicted molar refractivity (Wildman–Crippen MR) is 166 cm³/mol. The van der Waals surface area contributed by atoms with Crippen LogP contribution < -0.4 is 21.3 Å². The zero-order valence-electron chi connectivity index (χ0n) is 23.0. The van der Waals surface area contributed by atoms with Crippen molar-refractivity contribution in [3.05, 3.63) is 69.7 Å². The van der Waals surface area contributed by atoms with Crippen LogP contribution in [0, 0.1) is 0 Å². The Kier molecular flexibility index (Phi) is 11.7. The summed E-state index contributed by atoms with van der Waals surface area (Å²) in [4.78, 5) is 36.3. The van der Waals surface area contributed by atoms with Gasteiger partial charge < -0.3 is 25.2 Å². The number of aryl methyl sites for hydroxylation is 2. The topological polar surface area (TPSA) is 190 Å². The monoisotopic (exact) mass is 644 g/mol. The first-order valence-electron chi connectivity index (χ1n) is 12.7. The second-order valence-electron chi connectivity index (χ2n) is 8.56. The molecule has 0 radical (unpaired) electrons. The minimum Gasteiger partial charge on any atom is -0.465 e. The minimum absolute atomic E-state index is 0.325. The first kappa shape index (κ1) is 31.8. The van der Waals surface area contributed by atoms with E-state index in [1.807, 2.05) is 0 Å². The first-order valence-corrected chi connectivity index (χ1v) is 15.5. The van der Waals surface area contributed by atoms with Gasteiger partial charge in [0.25, 0.3) is 0 Å². The van der Waals surface area contributed by atoms with E-state index in [2.05, 4.69) is 41.7 Å². The van der Waals surface area contributed by atoms with Crippen LogP contribution in [0.1, 0.15) is 32.2 Å². The van der Waals surface area contributed by atoms with Crippen molar-refractivity contribution in [2.24, 2.45) is 0 Å². The van der Waals surface area contributed by atoms with Crippen molar-refractivity contribution in [3.63, 3.8) is 0 Å². The molecule has 0 spiro atoms. The Balaban J connectivity index is 1.13. The highest BCUT2D eigenvalue weighted by atomic mass is 32.2. The fourth-order valence-corrected chi connectivity index (χ4v) is 6.10. The molecule has 2 aromatic heterocycles. The molecule has 0 aliphatic carbocycles. The normalized spacial score (nSPS) is 11.4. The molecule has 43 heavy (non-hydrogen) atoms. The maximum atomic E-state index is 12.3. The molecule has 0 saturated heterocycles. The molecule has 0 aliphatic heterocycles. The molecule has 14 nitrogen and oxygen atoms in total. The number of anilines is 4. The number of carbonyl (C=O) groups is 3. The molecule has 4 aromatic rings. The highest BCUT2D eigenvalue weighted by molar-refractivity contribution is 7.99. The number of aliphatic hydroxyl groups excluding tert-OH is 1. The van der Waals surface area contributed by atoms with Crippen molar-refractivity contribution >= 4 is 74.1 Å². The maximum Gasteiger partial charge on any atom is 0.337 e. The van der Waals surface area contributed by atoms with E-state index in [0.717, 1.165) is 21.5 Å². The van der Waals surface area contributed by atoms with Gasteiger partial charge in [-0.25, -0.2) is 14.4 Å². The van der Waals surface area contributed by atoms with Gasteiger partial charge in [0.15, 0.2) is 6.29 Å². The van der Waals surface area contributed by atoms with Gasteiger partial charge in [0.2, 0.25) is 10.3 Å². The Morgan fingerprint density at radius 2 is 1.37 bits per heavy atom. The summed E-state index contributed by atoms with van der Waals surface area (Å²) in [5, 5.41) is 39.0. The number of hydrogen-bond donors (Lipinski definition) is 5. The number of urea groups is 2. The molecule has 4 rings (SSSR count). The van der Waals surface area contributed by atoms with Gasteiger partial charge in [-0.15, -0.1) is 20.4 Å². The lowest BCUT2D eigenvalue weighted by molar-refractivity contribution is -0.0769. The molecule has 0 fully saturated rings. The number of nitrogens with zero attached hydrogens (tertiary/aromatic N) is 4. The van der Waals surface area contributed by atoms with Gasteiger partial charge >= 0.3 is 18.0 Å². The van der Waals surface area contributed by atoms with Gasteiger partial charge in [-0.2, -0.15) is 11.8 Å². The molecule has 0 bridgehead atoms. The van der Waals surface area contributed by atoms with Gasteiger partial charge in [-0.05, 0) is 41.8 Å². The fourth-order valence-electron chi connectivity index (χ4n) is 3.50. The number of carbonyl (C=O) groups excluding carboxylic acids is 3. The van der Waals surface area contributed by atoms with E-state index in [9.17, 15) is 19.5 Å². The third-order valence-corrected chi connectivity index (χ3v) is 8.27. The Bertz CT molecular complexity index is 1550. The van der Waals surface area contributed by atoms with E-state index < -0.39 is 24.3 Å². The highest BCUT2D eigenvalue weighted by Gasteiger charge is 2.13. The van der Waals surface area contributed by atoms with Crippen LogP contribution in [0.4, 0.5) is 31.2 Å². The van der Waals surface area contributed by atoms with Crippen LogP contribution in [0.25, 0.3) is 0 Å². The third kappa shape index (κ3) is 9.97. The van der Waals surface area contributed by atoms with Crippen LogP contribution >= 0.6 is 34.4 Å². The van der Waals surface area contributed by atoms with E-state index in [0.29, 0.717) is 45.6 Å². The number of thioether (sulfide) groups is 1. The summed E-state index contributed by atoms with van der Waals surface area (Å²) in [5.74, 6) is 1.10. The summed E-state index contributed by atoms with van der Waals surface area (Å²) in [7, 11) is 2.68. The zero-order valence-corrected chi connectivity index (χ0v) is 25.5. The number of nitrogens with one attached hydrogen (secondary N) is 4. The van der Waals surface area contributed by atoms with Crippen molar-refractivity contribution in [1.82, 2.24) is 20.4 Å². The quantitative estimate of drug-likeness (QED) is 0.0776. The van der Waals surface area contributed by atoms with E-state index in [4.69, 9.17) is 9.47 Å². The van der Waals surface area contributed by atoms with Gasteiger partial charge in [0.1, 0.15) is 10.0 Å². The van der Waals surface area contributed by atoms with Crippen LogP contribution in [0.3, 0.4) is 0 Å². The van der Waals surface area contributed by atoms with Crippen molar-refractivity contribution in [3.8, 4) is 0 Å². The lowest BCUT2D eigenvalue weighted by Crippen LogP contribution is -2.19. The van der Waals surface area contributed by atoms with E-state index in [-0.39, 0.29) is 0 Å². The van der Waals surface area contributed by atoms with Crippen molar-refractivity contribution < 1.29 is 29.0 Å². The number of aliphatic hydroxyl groups is 1. The third-order valence-electron chi connectivity index (χ3n) is 5.49. The molecular formula is C26H28N8O6S3. The molecule has 1 atom stereocenters. The van der Waals surface area contributed by atoms with Gasteiger partial charge in [-0.1, -0.05) is 40.9 Å². The average Bonchev–Trinajstić information content (AvgIpc) is 3.65. The highest BCUT2D eigenvalue weighted by Crippen LogP contribution is 2.22. The van der Waals surface area contributed by atoms with Crippen LogP contribution in [0.5, 0.6) is 0 Å². The molecule has 0 saturated carbocycles. The first-order chi connectivity index (χ1) is 20.8. The summed E-state index contributed by atoms with van der Waals surface area (Å²) >= 11 is 4.29. The van der Waals surface area contributed by atoms with Crippen molar-refractivity contribution in [2.45, 2.75) is 19.1 Å². The van der Waals surface area contributed by atoms with Gasteiger partial charge in [0, 0.05) is 36.9 Å². The summed E-state index contributed by atoms with van der Waals surface area (Å²) < 4.78 is 9.57. The Hall–Kier alpha value is -4.16. The van der Waals surface area contributed by atoms with Gasteiger partial charge in [-0.3, -0.25) is 10.6 Å². The van der Waals surface area contributed by atoms with Crippen LogP contribution in [-0.2, 0) is 22.3 Å². The predicted octanol–water partition coefficient (Wildman–Crippen LogP) is 4.62. The second-order valence-corrected chi connectivity index (χ2v) is 11.9. The smallest absolute Gasteiger partial charge is 0.337 e. The molecular weight excluding hydrogens is 617 g/mol. The number of hydrogen-bond acceptors (Lipinski definition) is 13. The van der Waals surface area contributed by atoms with E-state index >= 15 is 0 Å². The lowest BCUT2D eigenvalue weighted by Gasteiger charge is -2.11. The molecule has 17 heteroatoms. The summed E-state index contributed by atoms with van der Waals surface area (Å²) in [6.07, 6.45) is 0.285. The molecule has 0 aliphatic rings. The Morgan fingerprint density at radius 3 is 1.93 bits per heavy atom. The number of rotatable bonds is 13. The summed E-state index contributed by atoms with van der Waals surface area (Å²) in [5.41, 5.74) is 1.78. The van der Waals surface area contributed by atoms with Crippen LogP contribution in [-0.4, -0.2) is 69.3 Å². The zero-order chi connectivity index (χ0) is 30.6. The summed E-state index contributed by atoms with van der Waals surface area (Å²) in [6, 6.07) is 12.1. The largest absolute Gasteiger partial charge is 0.465 e.